The molecule has 0 aromatic rings. The molecule has 0 unspecified atom stereocenters. The third-order valence-corrected chi connectivity index (χ3v) is 4.69. The molecule has 0 aliphatic rings. The van der Waals surface area contributed by atoms with Crippen molar-refractivity contribution in [2.45, 2.75) is 53.4 Å². The van der Waals surface area contributed by atoms with Crippen LogP contribution in [-0.4, -0.2) is 33.2 Å². The van der Waals surface area contributed by atoms with Crippen LogP contribution in [0.25, 0.3) is 0 Å². The highest BCUT2D eigenvalue weighted by atomic mass is 28.3. The summed E-state index contributed by atoms with van der Waals surface area (Å²) in [6, 6.07) is 0.551. The number of ether oxygens (including phenoxy) is 2. The smallest absolute Gasteiger partial charge is 0.323 e. The lowest BCUT2D eigenvalue weighted by Crippen LogP contribution is -2.50. The Morgan fingerprint density at radius 2 is 1.37 bits per heavy atom. The second kappa shape index (κ2) is 7.08. The first-order valence-corrected chi connectivity index (χ1v) is 10.7. The van der Waals surface area contributed by atoms with Gasteiger partial charge in [0, 0.05) is 8.07 Å². The monoisotopic (exact) mass is 288 g/mol. The van der Waals surface area contributed by atoms with Crippen LogP contribution in [0.2, 0.25) is 25.7 Å². The van der Waals surface area contributed by atoms with Gasteiger partial charge in [-0.15, -0.1) is 0 Å². The fourth-order valence-electron chi connectivity index (χ4n) is 2.26. The first-order valence-electron chi connectivity index (χ1n) is 6.96. The Hall–Kier alpha value is -0.843. The summed E-state index contributed by atoms with van der Waals surface area (Å²) >= 11 is 0. The van der Waals surface area contributed by atoms with Gasteiger partial charge in [0.25, 0.3) is 0 Å². The van der Waals surface area contributed by atoms with Crippen molar-refractivity contribution >= 4 is 20.0 Å². The molecule has 0 aliphatic heterocycles. The van der Waals surface area contributed by atoms with E-state index in [1.165, 1.54) is 0 Å². The van der Waals surface area contributed by atoms with Gasteiger partial charge >= 0.3 is 11.9 Å². The van der Waals surface area contributed by atoms with Crippen LogP contribution in [0.3, 0.4) is 0 Å². The number of esters is 2. The molecule has 112 valence electrons. The van der Waals surface area contributed by atoms with Crippen LogP contribution in [0.4, 0.5) is 0 Å². The van der Waals surface area contributed by atoms with Crippen molar-refractivity contribution in [2.75, 3.05) is 13.2 Å². The maximum absolute atomic E-state index is 12.4. The second-order valence-electron chi connectivity index (χ2n) is 6.30. The number of hydrogen-bond acceptors (Lipinski definition) is 4. The maximum atomic E-state index is 12.4. The molecular formula is C14H28O4Si. The molecule has 0 aliphatic carbocycles. The summed E-state index contributed by atoms with van der Waals surface area (Å²) in [5.74, 6) is -1.02. The van der Waals surface area contributed by atoms with Gasteiger partial charge in [0.15, 0.2) is 5.41 Å². The first-order chi connectivity index (χ1) is 8.61. The van der Waals surface area contributed by atoms with Crippen molar-refractivity contribution in [3.8, 4) is 0 Å². The van der Waals surface area contributed by atoms with Crippen LogP contribution in [0, 0.1) is 11.3 Å². The van der Waals surface area contributed by atoms with Gasteiger partial charge in [0.05, 0.1) is 13.2 Å². The van der Waals surface area contributed by atoms with Gasteiger partial charge in [-0.05, 0) is 25.8 Å². The Balaban J connectivity index is 5.60. The molecule has 0 aromatic carbocycles. The Morgan fingerprint density at radius 1 is 1.00 bits per heavy atom. The third kappa shape index (κ3) is 4.64. The molecule has 0 saturated carbocycles. The SMILES string of the molecule is CCOC(=O)C(C[Si](C)(C)C)(C(=O)OCC)C(C)C. The van der Waals surface area contributed by atoms with Crippen molar-refractivity contribution in [3.05, 3.63) is 0 Å². The van der Waals surface area contributed by atoms with Gasteiger partial charge in [-0.2, -0.15) is 0 Å². The number of rotatable bonds is 7. The molecule has 0 aromatic heterocycles. The summed E-state index contributed by atoms with van der Waals surface area (Å²) in [5, 5.41) is 0. The summed E-state index contributed by atoms with van der Waals surface area (Å²) in [4.78, 5) is 24.8. The van der Waals surface area contributed by atoms with E-state index in [1.54, 1.807) is 13.8 Å². The van der Waals surface area contributed by atoms with Gasteiger partial charge in [-0.25, -0.2) is 0 Å². The lowest BCUT2D eigenvalue weighted by molar-refractivity contribution is -0.174. The average Bonchev–Trinajstić information content (AvgIpc) is 2.24. The molecule has 0 rings (SSSR count). The molecule has 0 amide bonds. The zero-order valence-electron chi connectivity index (χ0n) is 13.3. The summed E-state index contributed by atoms with van der Waals surface area (Å²) in [6.07, 6.45) is 0. The molecule has 0 atom stereocenters. The Bertz CT molecular complexity index is 300. The van der Waals surface area contributed by atoms with E-state index in [9.17, 15) is 9.59 Å². The number of carbonyl (C=O) groups is 2. The highest BCUT2D eigenvalue weighted by Crippen LogP contribution is 2.39. The largest absolute Gasteiger partial charge is 0.465 e. The van der Waals surface area contributed by atoms with E-state index in [0.29, 0.717) is 6.04 Å². The Kier molecular flexibility index (Phi) is 6.76. The topological polar surface area (TPSA) is 52.6 Å². The predicted octanol–water partition coefficient (Wildman–Crippen LogP) is 3.09. The molecule has 0 saturated heterocycles. The number of carbonyl (C=O) groups excluding carboxylic acids is 2. The second-order valence-corrected chi connectivity index (χ2v) is 11.8. The zero-order chi connectivity index (χ0) is 15.3. The van der Waals surface area contributed by atoms with Crippen LogP contribution >= 0.6 is 0 Å². The Labute approximate surface area is 117 Å². The first kappa shape index (κ1) is 18.2. The van der Waals surface area contributed by atoms with Crippen molar-refractivity contribution in [3.63, 3.8) is 0 Å². The van der Waals surface area contributed by atoms with Gasteiger partial charge in [0.1, 0.15) is 0 Å². The van der Waals surface area contributed by atoms with Crippen molar-refractivity contribution < 1.29 is 19.1 Å². The summed E-state index contributed by atoms with van der Waals surface area (Å²) < 4.78 is 10.3. The number of hydrogen-bond donors (Lipinski definition) is 0. The van der Waals surface area contributed by atoms with E-state index in [0.717, 1.165) is 0 Å². The van der Waals surface area contributed by atoms with Crippen LogP contribution in [0.15, 0.2) is 0 Å². The van der Waals surface area contributed by atoms with Gasteiger partial charge < -0.3 is 9.47 Å². The molecule has 0 bridgehead atoms. The maximum Gasteiger partial charge on any atom is 0.323 e. The molecule has 0 fully saturated rings. The van der Waals surface area contributed by atoms with Gasteiger partial charge in [0.2, 0.25) is 0 Å². The zero-order valence-corrected chi connectivity index (χ0v) is 14.3. The summed E-state index contributed by atoms with van der Waals surface area (Å²) in [6.45, 7) is 14.2. The lowest BCUT2D eigenvalue weighted by Gasteiger charge is -2.36. The minimum Gasteiger partial charge on any atom is -0.465 e. The van der Waals surface area contributed by atoms with E-state index in [-0.39, 0.29) is 19.1 Å². The highest BCUT2D eigenvalue weighted by Gasteiger charge is 2.53. The normalized spacial score (nSPS) is 12.4. The van der Waals surface area contributed by atoms with Crippen LogP contribution in [0.1, 0.15) is 27.7 Å². The summed E-state index contributed by atoms with van der Waals surface area (Å²) in [7, 11) is -1.64. The fourth-order valence-corrected chi connectivity index (χ4v) is 4.63. The minimum absolute atomic E-state index is 0.141. The average molecular weight is 288 g/mol. The van der Waals surface area contributed by atoms with Crippen molar-refractivity contribution in [2.24, 2.45) is 11.3 Å². The third-order valence-electron chi connectivity index (χ3n) is 3.07. The van der Waals surface area contributed by atoms with Gasteiger partial charge in [-0.1, -0.05) is 33.5 Å². The van der Waals surface area contributed by atoms with Crippen molar-refractivity contribution in [1.29, 1.82) is 0 Å². The molecular weight excluding hydrogens is 260 g/mol. The van der Waals surface area contributed by atoms with Crippen LogP contribution in [0.5, 0.6) is 0 Å². The van der Waals surface area contributed by atoms with Gasteiger partial charge in [-0.3, -0.25) is 9.59 Å². The van der Waals surface area contributed by atoms with Crippen LogP contribution in [-0.2, 0) is 19.1 Å². The summed E-state index contributed by atoms with van der Waals surface area (Å²) in [5.41, 5.74) is -1.16. The van der Waals surface area contributed by atoms with Crippen molar-refractivity contribution in [1.82, 2.24) is 0 Å². The molecule has 0 N–H and O–H groups in total. The van der Waals surface area contributed by atoms with E-state index < -0.39 is 25.4 Å². The predicted molar refractivity (Wildman–Crippen MR) is 78.7 cm³/mol. The van der Waals surface area contributed by atoms with E-state index in [2.05, 4.69) is 19.6 Å². The molecule has 5 heteroatoms. The lowest BCUT2D eigenvalue weighted by atomic mass is 9.78. The molecule has 19 heavy (non-hydrogen) atoms. The quantitative estimate of drug-likeness (QED) is 0.410. The molecule has 0 radical (unpaired) electrons. The molecule has 0 spiro atoms. The minimum atomic E-state index is -1.64. The molecule has 4 nitrogen and oxygen atoms in total. The standard InChI is InChI=1S/C14H28O4Si/c1-8-17-12(15)14(11(3)4,10-19(5,6)7)13(16)18-9-2/h11H,8-10H2,1-7H3. The molecule has 0 heterocycles. The van der Waals surface area contributed by atoms with E-state index in [4.69, 9.17) is 9.47 Å². The Morgan fingerprint density at radius 3 is 1.58 bits per heavy atom. The van der Waals surface area contributed by atoms with E-state index in [1.807, 2.05) is 13.8 Å². The van der Waals surface area contributed by atoms with Crippen LogP contribution < -0.4 is 0 Å². The van der Waals surface area contributed by atoms with E-state index >= 15 is 0 Å². The highest BCUT2D eigenvalue weighted by molar-refractivity contribution is 6.76. The fraction of sp³-hybridized carbons (Fsp3) is 0.857.